The van der Waals surface area contributed by atoms with Crippen molar-refractivity contribution >= 4 is 11.7 Å². The average Bonchev–Trinajstić information content (AvgIpc) is 3.68. The van der Waals surface area contributed by atoms with Gasteiger partial charge in [0.25, 0.3) is 0 Å². The van der Waals surface area contributed by atoms with Crippen molar-refractivity contribution in [2.45, 2.75) is 84.2 Å². The quantitative estimate of drug-likeness (QED) is 0.362. The van der Waals surface area contributed by atoms with Gasteiger partial charge in [-0.2, -0.15) is 0 Å². The third kappa shape index (κ3) is 7.41. The van der Waals surface area contributed by atoms with Crippen LogP contribution in [0, 0.1) is 11.3 Å². The second kappa shape index (κ2) is 11.6. The molecule has 1 unspecified atom stereocenters. The van der Waals surface area contributed by atoms with Crippen LogP contribution >= 0.6 is 0 Å². The molecule has 1 saturated carbocycles. The molecule has 0 bridgehead atoms. The third-order valence-corrected chi connectivity index (χ3v) is 7.62. The van der Waals surface area contributed by atoms with E-state index in [4.69, 9.17) is 9.47 Å². The van der Waals surface area contributed by atoms with Crippen LogP contribution in [0.2, 0.25) is 0 Å². The number of ether oxygens (including phenoxy) is 2. The number of benzene rings is 2. The van der Waals surface area contributed by atoms with Gasteiger partial charge in [0.15, 0.2) is 0 Å². The molecule has 0 radical (unpaired) electrons. The molecule has 1 aliphatic carbocycles. The smallest absolute Gasteiger partial charge is 0.303 e. The molecule has 1 heterocycles. The molecule has 0 aromatic heterocycles. The van der Waals surface area contributed by atoms with Crippen LogP contribution in [0.25, 0.3) is 0 Å². The number of nitrogens with zero attached hydrogens (tertiary/aromatic N) is 1. The maximum atomic E-state index is 11.4. The summed E-state index contributed by atoms with van der Waals surface area (Å²) in [6.07, 6.45) is 8.03. The lowest BCUT2D eigenvalue weighted by Crippen LogP contribution is -2.38. The molecule has 36 heavy (non-hydrogen) atoms. The zero-order valence-electron chi connectivity index (χ0n) is 22.5. The first-order valence-electron chi connectivity index (χ1n) is 13.6. The molecule has 1 N–H and O–H groups in total. The van der Waals surface area contributed by atoms with Gasteiger partial charge in [-0.15, -0.1) is 0 Å². The number of hydrogen-bond acceptors (Lipinski definition) is 4. The molecular formula is C31H43NO4. The van der Waals surface area contributed by atoms with Crippen LogP contribution in [-0.2, 0) is 11.2 Å². The zero-order chi connectivity index (χ0) is 25.7. The number of methoxy groups -OCH3 is 1. The van der Waals surface area contributed by atoms with Gasteiger partial charge in [0, 0.05) is 37.7 Å². The second-order valence-electron chi connectivity index (χ2n) is 11.8. The van der Waals surface area contributed by atoms with Crippen molar-refractivity contribution in [1.82, 2.24) is 0 Å². The summed E-state index contributed by atoms with van der Waals surface area (Å²) in [6, 6.07) is 14.7. The van der Waals surface area contributed by atoms with Crippen LogP contribution in [0.1, 0.15) is 82.8 Å². The van der Waals surface area contributed by atoms with Crippen LogP contribution in [0.4, 0.5) is 5.69 Å². The fourth-order valence-electron chi connectivity index (χ4n) is 5.45. The minimum Gasteiger partial charge on any atom is -0.497 e. The Morgan fingerprint density at radius 2 is 1.81 bits per heavy atom. The van der Waals surface area contributed by atoms with Crippen LogP contribution in [0.3, 0.4) is 0 Å². The first-order chi connectivity index (χ1) is 17.2. The van der Waals surface area contributed by atoms with Gasteiger partial charge in [-0.1, -0.05) is 39.0 Å². The van der Waals surface area contributed by atoms with Crippen molar-refractivity contribution in [3.05, 3.63) is 53.6 Å². The topological polar surface area (TPSA) is 59.0 Å². The number of aryl methyl sites for hydroxylation is 1. The molecule has 196 valence electrons. The number of carboxylic acid groups (broad SMARTS) is 1. The molecule has 2 aromatic rings. The highest BCUT2D eigenvalue weighted by molar-refractivity contribution is 5.68. The van der Waals surface area contributed by atoms with E-state index in [1.165, 1.54) is 24.1 Å². The summed E-state index contributed by atoms with van der Waals surface area (Å²) in [7, 11) is 1.73. The number of anilines is 1. The predicted molar refractivity (Wildman–Crippen MR) is 145 cm³/mol. The van der Waals surface area contributed by atoms with E-state index in [9.17, 15) is 9.90 Å². The van der Waals surface area contributed by atoms with E-state index in [-0.39, 0.29) is 18.4 Å². The Kier molecular flexibility index (Phi) is 8.48. The van der Waals surface area contributed by atoms with Gasteiger partial charge >= 0.3 is 5.97 Å². The normalized spacial score (nSPS) is 17.6. The Morgan fingerprint density at radius 3 is 2.44 bits per heavy atom. The van der Waals surface area contributed by atoms with Gasteiger partial charge in [-0.25, -0.2) is 0 Å². The summed E-state index contributed by atoms with van der Waals surface area (Å²) < 4.78 is 12.0. The number of hydrogen-bond donors (Lipinski definition) is 1. The Balaban J connectivity index is 1.37. The summed E-state index contributed by atoms with van der Waals surface area (Å²) >= 11 is 0. The maximum Gasteiger partial charge on any atom is 0.303 e. The lowest BCUT2D eigenvalue weighted by atomic mass is 9.88. The molecule has 1 aliphatic heterocycles. The first-order valence-corrected chi connectivity index (χ1v) is 13.6. The number of piperidine rings is 1. The van der Waals surface area contributed by atoms with Crippen LogP contribution in [0.5, 0.6) is 11.5 Å². The summed E-state index contributed by atoms with van der Waals surface area (Å²) in [5.41, 5.74) is 4.15. The highest BCUT2D eigenvalue weighted by atomic mass is 16.5. The largest absolute Gasteiger partial charge is 0.497 e. The van der Waals surface area contributed by atoms with Crippen molar-refractivity contribution < 1.29 is 19.4 Å². The lowest BCUT2D eigenvalue weighted by molar-refractivity contribution is -0.137. The Bertz CT molecular complexity index is 1020. The lowest BCUT2D eigenvalue weighted by Gasteiger charge is -2.35. The Morgan fingerprint density at radius 1 is 1.06 bits per heavy atom. The monoisotopic (exact) mass is 493 g/mol. The van der Waals surface area contributed by atoms with E-state index in [1.54, 1.807) is 7.11 Å². The average molecular weight is 494 g/mol. The summed E-state index contributed by atoms with van der Waals surface area (Å²) in [6.45, 7) is 8.82. The molecule has 4 rings (SSSR count). The molecular weight excluding hydrogens is 450 g/mol. The van der Waals surface area contributed by atoms with E-state index < -0.39 is 5.97 Å². The van der Waals surface area contributed by atoms with Gasteiger partial charge < -0.3 is 19.5 Å². The molecule has 5 nitrogen and oxygen atoms in total. The molecule has 2 aromatic carbocycles. The molecule has 0 spiro atoms. The van der Waals surface area contributed by atoms with E-state index in [2.05, 4.69) is 56.0 Å². The number of carboxylic acids is 1. The predicted octanol–water partition coefficient (Wildman–Crippen LogP) is 7.08. The van der Waals surface area contributed by atoms with Crippen LogP contribution in [0.15, 0.2) is 42.5 Å². The van der Waals surface area contributed by atoms with E-state index in [1.807, 2.05) is 12.1 Å². The van der Waals surface area contributed by atoms with Gasteiger partial charge in [0.1, 0.15) is 17.6 Å². The van der Waals surface area contributed by atoms with Crippen molar-refractivity contribution in [1.29, 1.82) is 0 Å². The molecule has 1 saturated heterocycles. The summed E-state index contributed by atoms with van der Waals surface area (Å²) in [5.74, 6) is 1.65. The highest BCUT2D eigenvalue weighted by Crippen LogP contribution is 2.45. The van der Waals surface area contributed by atoms with E-state index in [0.29, 0.717) is 11.3 Å². The Labute approximate surface area is 216 Å². The van der Waals surface area contributed by atoms with Crippen molar-refractivity contribution in [3.8, 4) is 11.5 Å². The summed E-state index contributed by atoms with van der Waals surface area (Å²) in [5, 5.41) is 9.36. The summed E-state index contributed by atoms with van der Waals surface area (Å²) in [4.78, 5) is 13.9. The van der Waals surface area contributed by atoms with E-state index in [0.717, 1.165) is 62.3 Å². The number of carbonyl (C=O) groups is 1. The van der Waals surface area contributed by atoms with Gasteiger partial charge in [0.2, 0.25) is 0 Å². The second-order valence-corrected chi connectivity index (χ2v) is 11.8. The van der Waals surface area contributed by atoms with Crippen molar-refractivity contribution in [3.63, 3.8) is 0 Å². The minimum atomic E-state index is -0.721. The van der Waals surface area contributed by atoms with E-state index >= 15 is 0 Å². The molecule has 2 aliphatic rings. The number of aliphatic carboxylic acids is 1. The number of rotatable bonds is 11. The molecule has 1 atom stereocenters. The van der Waals surface area contributed by atoms with Gasteiger partial charge in [-0.05, 0) is 78.7 Å². The maximum absolute atomic E-state index is 11.4. The van der Waals surface area contributed by atoms with Crippen molar-refractivity contribution in [2.75, 3.05) is 25.1 Å². The van der Waals surface area contributed by atoms with Crippen LogP contribution < -0.4 is 14.4 Å². The Hall–Kier alpha value is -2.69. The minimum absolute atomic E-state index is 0.0951. The zero-order valence-corrected chi connectivity index (χ0v) is 22.5. The molecule has 0 amide bonds. The highest BCUT2D eigenvalue weighted by Gasteiger charge is 2.34. The SMILES string of the molecule is COc1ccc(CCCC(C)(C)C)c(N2CCC(Oc3cccc(C(CC(=O)O)C4CC4)c3)CC2)c1. The van der Waals surface area contributed by atoms with Crippen LogP contribution in [-0.4, -0.2) is 37.4 Å². The standard InChI is InChI=1S/C31H43NO4/c1-31(2,3)16-6-8-23-12-13-26(35-4)20-29(23)32-17-14-25(15-18-32)36-27-9-5-7-24(19-27)28(21-30(33)34)22-10-11-22/h5,7,9,12-13,19-20,22,25,28H,6,8,10-11,14-18,21H2,1-4H3,(H,33,34). The van der Waals surface area contributed by atoms with Crippen molar-refractivity contribution in [2.24, 2.45) is 11.3 Å². The fourth-order valence-corrected chi connectivity index (χ4v) is 5.45. The fraction of sp³-hybridized carbons (Fsp3) is 0.581. The molecule has 5 heteroatoms. The van der Waals surface area contributed by atoms with Gasteiger partial charge in [0.05, 0.1) is 13.5 Å². The third-order valence-electron chi connectivity index (χ3n) is 7.62. The molecule has 2 fully saturated rings. The first kappa shape index (κ1) is 26.4. The van der Waals surface area contributed by atoms with Gasteiger partial charge in [-0.3, -0.25) is 4.79 Å².